The Morgan fingerprint density at radius 3 is 1.87 bits per heavy atom. The van der Waals surface area contributed by atoms with Gasteiger partial charge < -0.3 is 19.3 Å². The van der Waals surface area contributed by atoms with Crippen LogP contribution in [0.2, 0.25) is 0 Å². The summed E-state index contributed by atoms with van der Waals surface area (Å²) in [7, 11) is 0. The van der Waals surface area contributed by atoms with E-state index in [9.17, 15) is 9.59 Å². The number of benzene rings is 4. The fraction of sp³-hybridized carbons (Fsp3) is 0.311. The molecule has 1 heterocycles. The van der Waals surface area contributed by atoms with E-state index in [1.54, 1.807) is 12.4 Å². The predicted octanol–water partition coefficient (Wildman–Crippen LogP) is 10.2. The number of carbonyl (C=O) groups is 2. The molecule has 6 rings (SSSR count). The summed E-state index contributed by atoms with van der Waals surface area (Å²) in [5.41, 5.74) is 6.35. The highest BCUT2D eigenvalue weighted by Gasteiger charge is 2.29. The number of carbonyl (C=O) groups excluding carboxylic acids is 2. The number of nitrogens with zero attached hydrogens (tertiary/aromatic N) is 3. The first kappa shape index (κ1) is 36.4. The predicted molar refractivity (Wildman–Crippen MR) is 206 cm³/mol. The summed E-state index contributed by atoms with van der Waals surface area (Å²) in [6.45, 7) is 7.61. The molecule has 7 nitrogen and oxygen atoms in total. The maximum atomic E-state index is 13.9. The van der Waals surface area contributed by atoms with Gasteiger partial charge in [0.1, 0.15) is 18.0 Å². The van der Waals surface area contributed by atoms with Gasteiger partial charge in [-0.25, -0.2) is 4.79 Å². The molecule has 1 saturated carbocycles. The molecule has 0 aliphatic heterocycles. The highest BCUT2D eigenvalue weighted by molar-refractivity contribution is 5.94. The Morgan fingerprint density at radius 1 is 0.673 bits per heavy atom. The normalized spacial score (nSPS) is 13.3. The SMILES string of the molecule is CC(C)(C)OC(=O)N(Cc1ccc(-c2ccc(CN(Cc3cccnc3)C(=O)c3ccc(COc4ccccc4)cc3)cc2)cc1)C1CCCCC1. The summed E-state index contributed by atoms with van der Waals surface area (Å²) in [4.78, 5) is 35.2. The van der Waals surface area contributed by atoms with Crippen molar-refractivity contribution in [2.75, 3.05) is 0 Å². The van der Waals surface area contributed by atoms with E-state index in [1.165, 1.54) is 6.42 Å². The Kier molecular flexibility index (Phi) is 12.0. The molecule has 1 aliphatic carbocycles. The summed E-state index contributed by atoms with van der Waals surface area (Å²) in [5.74, 6) is 0.762. The maximum absolute atomic E-state index is 13.9. The highest BCUT2D eigenvalue weighted by atomic mass is 16.6. The van der Waals surface area contributed by atoms with Gasteiger partial charge in [0.05, 0.1) is 0 Å². The van der Waals surface area contributed by atoms with Gasteiger partial charge in [0, 0.05) is 43.6 Å². The van der Waals surface area contributed by atoms with Crippen LogP contribution in [-0.4, -0.2) is 38.4 Å². The molecule has 0 atom stereocenters. The van der Waals surface area contributed by atoms with Gasteiger partial charge in [0.15, 0.2) is 0 Å². The van der Waals surface area contributed by atoms with E-state index >= 15 is 0 Å². The maximum Gasteiger partial charge on any atom is 0.410 e. The van der Waals surface area contributed by atoms with Crippen molar-refractivity contribution in [3.05, 3.63) is 155 Å². The van der Waals surface area contributed by atoms with Gasteiger partial charge in [-0.1, -0.05) is 104 Å². The van der Waals surface area contributed by atoms with E-state index in [-0.39, 0.29) is 18.0 Å². The van der Waals surface area contributed by atoms with Crippen LogP contribution in [0, 0.1) is 0 Å². The Morgan fingerprint density at radius 2 is 1.27 bits per heavy atom. The van der Waals surface area contributed by atoms with Gasteiger partial charge in [-0.05, 0) is 97.3 Å². The fourth-order valence-corrected chi connectivity index (χ4v) is 6.60. The van der Waals surface area contributed by atoms with Crippen LogP contribution in [0.15, 0.2) is 128 Å². The van der Waals surface area contributed by atoms with Crippen molar-refractivity contribution in [1.29, 1.82) is 0 Å². The number of hydrogen-bond acceptors (Lipinski definition) is 5. The Balaban J connectivity index is 1.12. The lowest BCUT2D eigenvalue weighted by molar-refractivity contribution is 0.00987. The van der Waals surface area contributed by atoms with Crippen molar-refractivity contribution in [2.24, 2.45) is 0 Å². The average molecular weight is 696 g/mol. The van der Waals surface area contributed by atoms with Crippen LogP contribution in [0.1, 0.15) is 85.5 Å². The van der Waals surface area contributed by atoms with E-state index in [0.717, 1.165) is 64.8 Å². The third kappa shape index (κ3) is 10.3. The lowest BCUT2D eigenvalue weighted by Gasteiger charge is -2.35. The molecule has 1 fully saturated rings. The lowest BCUT2D eigenvalue weighted by Crippen LogP contribution is -2.43. The van der Waals surface area contributed by atoms with Crippen molar-refractivity contribution in [1.82, 2.24) is 14.8 Å². The molecule has 0 N–H and O–H groups in total. The minimum Gasteiger partial charge on any atom is -0.489 e. The molecule has 1 aromatic heterocycles. The number of rotatable bonds is 12. The second-order valence-electron chi connectivity index (χ2n) is 14.6. The van der Waals surface area contributed by atoms with Crippen LogP contribution in [0.5, 0.6) is 5.75 Å². The van der Waals surface area contributed by atoms with E-state index in [1.807, 2.05) is 97.3 Å². The largest absolute Gasteiger partial charge is 0.489 e. The first-order valence-electron chi connectivity index (χ1n) is 18.3. The van der Waals surface area contributed by atoms with Crippen LogP contribution in [0.4, 0.5) is 4.79 Å². The van der Waals surface area contributed by atoms with Gasteiger partial charge in [0.2, 0.25) is 0 Å². The van der Waals surface area contributed by atoms with E-state index in [2.05, 4.69) is 53.5 Å². The molecule has 0 unspecified atom stereocenters. The van der Waals surface area contributed by atoms with Crippen LogP contribution < -0.4 is 4.74 Å². The summed E-state index contributed by atoms with van der Waals surface area (Å²) < 4.78 is 11.7. The number of aromatic nitrogens is 1. The lowest BCUT2D eigenvalue weighted by atomic mass is 9.94. The highest BCUT2D eigenvalue weighted by Crippen LogP contribution is 2.28. The van der Waals surface area contributed by atoms with Crippen molar-refractivity contribution >= 4 is 12.0 Å². The van der Waals surface area contributed by atoms with Gasteiger partial charge in [-0.2, -0.15) is 0 Å². The van der Waals surface area contributed by atoms with Gasteiger partial charge >= 0.3 is 6.09 Å². The van der Waals surface area contributed by atoms with Crippen molar-refractivity contribution in [2.45, 2.75) is 90.8 Å². The average Bonchev–Trinajstić information content (AvgIpc) is 3.17. The Bertz CT molecular complexity index is 1860. The summed E-state index contributed by atoms with van der Waals surface area (Å²) >= 11 is 0. The van der Waals surface area contributed by atoms with Crippen LogP contribution in [0.3, 0.4) is 0 Å². The minimum absolute atomic E-state index is 0.0484. The monoisotopic (exact) mass is 695 g/mol. The zero-order chi connectivity index (χ0) is 36.3. The second kappa shape index (κ2) is 17.2. The van der Waals surface area contributed by atoms with Gasteiger partial charge in [0.25, 0.3) is 5.91 Å². The zero-order valence-corrected chi connectivity index (χ0v) is 30.5. The Hall–Kier alpha value is -5.43. The second-order valence-corrected chi connectivity index (χ2v) is 14.6. The molecule has 2 amide bonds. The molecule has 7 heteroatoms. The van der Waals surface area contributed by atoms with Crippen molar-refractivity contribution in [3.63, 3.8) is 0 Å². The van der Waals surface area contributed by atoms with E-state index in [0.29, 0.717) is 31.8 Å². The molecule has 4 aromatic carbocycles. The van der Waals surface area contributed by atoms with Gasteiger partial charge in [-0.15, -0.1) is 0 Å². The van der Waals surface area contributed by atoms with Crippen LogP contribution in [-0.2, 0) is 31.0 Å². The topological polar surface area (TPSA) is 72.0 Å². The first-order valence-corrected chi connectivity index (χ1v) is 18.3. The third-order valence-corrected chi connectivity index (χ3v) is 9.34. The molecular weight excluding hydrogens is 647 g/mol. The smallest absolute Gasteiger partial charge is 0.410 e. The fourth-order valence-electron chi connectivity index (χ4n) is 6.60. The third-order valence-electron chi connectivity index (χ3n) is 9.34. The van der Waals surface area contributed by atoms with Crippen molar-refractivity contribution in [3.8, 4) is 16.9 Å². The zero-order valence-electron chi connectivity index (χ0n) is 30.5. The van der Waals surface area contributed by atoms with E-state index in [4.69, 9.17) is 9.47 Å². The number of amides is 2. The quantitative estimate of drug-likeness (QED) is 0.130. The standard InChI is InChI=1S/C45H49N3O4/c1-45(2,3)52-44(50)48(41-12-6-4-7-13-41)32-35-18-24-39(25-19-35)38-22-16-34(17-23-38)30-47(31-37-11-10-28-46-29-37)43(49)40-26-20-36(21-27-40)33-51-42-14-8-5-9-15-42/h5,8-11,14-29,41H,4,6-7,12-13,30-33H2,1-3H3. The van der Waals surface area contributed by atoms with Crippen LogP contribution in [0.25, 0.3) is 11.1 Å². The number of para-hydroxylation sites is 1. The molecule has 0 radical (unpaired) electrons. The van der Waals surface area contributed by atoms with E-state index < -0.39 is 5.60 Å². The number of hydrogen-bond donors (Lipinski definition) is 0. The summed E-state index contributed by atoms with van der Waals surface area (Å²) in [6.07, 6.45) is 8.87. The summed E-state index contributed by atoms with van der Waals surface area (Å²) in [6, 6.07) is 38.3. The summed E-state index contributed by atoms with van der Waals surface area (Å²) in [5, 5.41) is 0. The number of ether oxygens (including phenoxy) is 2. The Labute approximate surface area is 308 Å². The number of pyridine rings is 1. The van der Waals surface area contributed by atoms with Crippen molar-refractivity contribution < 1.29 is 19.1 Å². The molecular formula is C45H49N3O4. The molecule has 5 aromatic rings. The first-order chi connectivity index (χ1) is 25.2. The molecule has 0 spiro atoms. The molecule has 0 bridgehead atoms. The van der Waals surface area contributed by atoms with Crippen LogP contribution >= 0.6 is 0 Å². The molecule has 0 saturated heterocycles. The molecule has 1 aliphatic rings. The van der Waals surface area contributed by atoms with Gasteiger partial charge in [-0.3, -0.25) is 9.78 Å². The molecule has 268 valence electrons. The molecule has 52 heavy (non-hydrogen) atoms. The minimum atomic E-state index is -0.534.